The lowest BCUT2D eigenvalue weighted by molar-refractivity contribution is 0.673. The Hall–Kier alpha value is -7.36. The molecule has 0 amide bonds. The standard InChI is InChI=1S/C54H34N2O/c1-2-10-40(42-27-24-35-9-8-30-55-52(35)44(42)12-3-1)39-25-26-41-38(31-39)23-19-34-18-22-37(32-48(34)41)33-16-20-36(21-17-33)53-47-29-28-45-43-11-5-7-15-50(43)57-54(45)51(47)46-13-4-6-14-49(46)56-53/h1-2,4-11,13-32H,3,12H2. The Morgan fingerprint density at radius 3 is 2.21 bits per heavy atom. The first-order chi connectivity index (χ1) is 28.2. The number of furan rings is 1. The molecule has 0 bridgehead atoms. The molecule has 3 heteroatoms. The molecule has 0 saturated carbocycles. The van der Waals surface area contributed by atoms with E-state index in [0.717, 1.165) is 73.2 Å². The quantitative estimate of drug-likeness (QED) is 0.170. The van der Waals surface area contributed by atoms with E-state index in [2.05, 4.69) is 158 Å². The average Bonchev–Trinajstić information content (AvgIpc) is 3.65. The summed E-state index contributed by atoms with van der Waals surface area (Å²) in [6, 6.07) is 56.9. The third kappa shape index (κ3) is 5.06. The highest BCUT2D eigenvalue weighted by molar-refractivity contribution is 6.24. The van der Waals surface area contributed by atoms with E-state index in [1.165, 1.54) is 60.3 Å². The van der Waals surface area contributed by atoms with Crippen LogP contribution in [0, 0.1) is 0 Å². The number of hydrogen-bond acceptors (Lipinski definition) is 3. The molecule has 1 aliphatic rings. The van der Waals surface area contributed by atoms with Crippen molar-refractivity contribution in [1.82, 2.24) is 9.97 Å². The van der Waals surface area contributed by atoms with Gasteiger partial charge in [-0.25, -0.2) is 4.98 Å². The zero-order valence-electron chi connectivity index (χ0n) is 31.0. The van der Waals surface area contributed by atoms with Crippen LogP contribution in [0.5, 0.6) is 0 Å². The second kappa shape index (κ2) is 12.6. The van der Waals surface area contributed by atoms with Crippen molar-refractivity contribution in [2.45, 2.75) is 12.8 Å². The summed E-state index contributed by atoms with van der Waals surface area (Å²) >= 11 is 0. The van der Waals surface area contributed by atoms with Gasteiger partial charge in [-0.1, -0.05) is 140 Å². The minimum atomic E-state index is 0.901. The minimum absolute atomic E-state index is 0.901. The Kier molecular flexibility index (Phi) is 7.05. The van der Waals surface area contributed by atoms with Crippen molar-refractivity contribution in [3.8, 4) is 22.4 Å². The van der Waals surface area contributed by atoms with Gasteiger partial charge in [0, 0.05) is 44.1 Å². The lowest BCUT2D eigenvalue weighted by atomic mass is 9.87. The molecule has 0 fully saturated rings. The van der Waals surface area contributed by atoms with Gasteiger partial charge in [-0.15, -0.1) is 0 Å². The minimum Gasteiger partial charge on any atom is -0.455 e. The SMILES string of the molecule is C1=CCCc2c(ccc3cccnc23)C(c2ccc3c(ccc4ccc(-c5ccc(-c6nc7ccccc7c7c6ccc6c8ccccc8oc67)cc5)cc43)c2)=C1. The van der Waals surface area contributed by atoms with Gasteiger partial charge < -0.3 is 4.42 Å². The fourth-order valence-corrected chi connectivity index (χ4v) is 9.21. The Balaban J connectivity index is 0.942. The normalized spacial score (nSPS) is 13.2. The fourth-order valence-electron chi connectivity index (χ4n) is 9.21. The molecule has 266 valence electrons. The zero-order valence-corrected chi connectivity index (χ0v) is 31.0. The van der Waals surface area contributed by atoms with Crippen LogP contribution in [-0.4, -0.2) is 9.97 Å². The van der Waals surface area contributed by atoms with Crippen LogP contribution in [0.2, 0.25) is 0 Å². The van der Waals surface area contributed by atoms with Crippen LogP contribution in [0.3, 0.4) is 0 Å². The number of aryl methyl sites for hydroxylation is 1. The summed E-state index contributed by atoms with van der Waals surface area (Å²) in [5.41, 5.74) is 13.3. The number of hydrogen-bond donors (Lipinski definition) is 0. The second-order valence-corrected chi connectivity index (χ2v) is 15.2. The summed E-state index contributed by atoms with van der Waals surface area (Å²) in [4.78, 5) is 10.0. The topological polar surface area (TPSA) is 38.9 Å². The predicted octanol–water partition coefficient (Wildman–Crippen LogP) is 14.4. The van der Waals surface area contributed by atoms with Crippen LogP contribution in [0.25, 0.3) is 104 Å². The molecular formula is C54H34N2O. The molecule has 0 spiro atoms. The van der Waals surface area contributed by atoms with Gasteiger partial charge in [-0.2, -0.15) is 0 Å². The van der Waals surface area contributed by atoms with Gasteiger partial charge >= 0.3 is 0 Å². The molecule has 0 radical (unpaired) electrons. The average molecular weight is 727 g/mol. The molecule has 8 aromatic carbocycles. The zero-order chi connectivity index (χ0) is 37.5. The Bertz CT molecular complexity index is 3510. The van der Waals surface area contributed by atoms with Crippen LogP contribution in [0.1, 0.15) is 23.1 Å². The molecule has 0 saturated heterocycles. The van der Waals surface area contributed by atoms with Gasteiger partial charge in [-0.05, 0) is 104 Å². The summed E-state index contributed by atoms with van der Waals surface area (Å²) in [5.74, 6) is 0. The maximum atomic E-state index is 6.55. The molecule has 57 heavy (non-hydrogen) atoms. The number of pyridine rings is 2. The molecule has 1 aliphatic carbocycles. The summed E-state index contributed by atoms with van der Waals surface area (Å²) in [5, 5.41) is 11.7. The van der Waals surface area contributed by atoms with Crippen LogP contribution < -0.4 is 0 Å². The van der Waals surface area contributed by atoms with Gasteiger partial charge in [0.25, 0.3) is 0 Å². The maximum Gasteiger partial charge on any atom is 0.144 e. The molecule has 12 rings (SSSR count). The largest absolute Gasteiger partial charge is 0.455 e. The van der Waals surface area contributed by atoms with E-state index in [9.17, 15) is 0 Å². The highest BCUT2D eigenvalue weighted by atomic mass is 16.3. The smallest absolute Gasteiger partial charge is 0.144 e. The van der Waals surface area contributed by atoms with E-state index < -0.39 is 0 Å². The number of nitrogens with zero attached hydrogens (tertiary/aromatic N) is 2. The first-order valence-corrected chi connectivity index (χ1v) is 19.7. The molecule has 11 aromatic rings. The third-order valence-electron chi connectivity index (χ3n) is 12.0. The number of para-hydroxylation sites is 2. The van der Waals surface area contributed by atoms with E-state index in [-0.39, 0.29) is 0 Å². The van der Waals surface area contributed by atoms with Crippen molar-refractivity contribution in [3.63, 3.8) is 0 Å². The number of aromatic nitrogens is 2. The summed E-state index contributed by atoms with van der Waals surface area (Å²) in [6.07, 6.45) is 10.6. The van der Waals surface area contributed by atoms with Crippen LogP contribution >= 0.6 is 0 Å². The Morgan fingerprint density at radius 1 is 0.509 bits per heavy atom. The molecule has 0 atom stereocenters. The van der Waals surface area contributed by atoms with Crippen LogP contribution in [0.15, 0.2) is 187 Å². The van der Waals surface area contributed by atoms with Crippen molar-refractivity contribution in [2.75, 3.05) is 0 Å². The van der Waals surface area contributed by atoms with E-state index in [1.54, 1.807) is 0 Å². The molecule has 3 nitrogen and oxygen atoms in total. The van der Waals surface area contributed by atoms with E-state index in [1.807, 2.05) is 24.4 Å². The first-order valence-electron chi connectivity index (χ1n) is 19.7. The lowest BCUT2D eigenvalue weighted by Crippen LogP contribution is -2.00. The molecule has 0 unspecified atom stereocenters. The first kappa shape index (κ1) is 31.9. The Labute approximate surface area is 328 Å². The van der Waals surface area contributed by atoms with Crippen molar-refractivity contribution >= 4 is 81.6 Å². The summed E-state index contributed by atoms with van der Waals surface area (Å²) in [7, 11) is 0. The van der Waals surface area contributed by atoms with Crippen molar-refractivity contribution in [1.29, 1.82) is 0 Å². The Morgan fingerprint density at radius 2 is 1.26 bits per heavy atom. The number of rotatable bonds is 3. The van der Waals surface area contributed by atoms with Gasteiger partial charge in [0.2, 0.25) is 0 Å². The number of fused-ring (bicyclic) bond motifs is 13. The summed E-state index contributed by atoms with van der Waals surface area (Å²) in [6.45, 7) is 0. The predicted molar refractivity (Wildman–Crippen MR) is 239 cm³/mol. The number of allylic oxidation sites excluding steroid dienone is 3. The van der Waals surface area contributed by atoms with Gasteiger partial charge in [-0.3, -0.25) is 4.98 Å². The lowest BCUT2D eigenvalue weighted by Gasteiger charge is -2.17. The van der Waals surface area contributed by atoms with Gasteiger partial charge in [0.1, 0.15) is 11.2 Å². The third-order valence-corrected chi connectivity index (χ3v) is 12.0. The second-order valence-electron chi connectivity index (χ2n) is 15.2. The van der Waals surface area contributed by atoms with E-state index in [0.29, 0.717) is 0 Å². The van der Waals surface area contributed by atoms with Crippen LogP contribution in [-0.2, 0) is 6.42 Å². The van der Waals surface area contributed by atoms with E-state index >= 15 is 0 Å². The fraction of sp³-hybridized carbons (Fsp3) is 0.0370. The molecule has 3 aromatic heterocycles. The number of benzene rings is 8. The van der Waals surface area contributed by atoms with Crippen molar-refractivity contribution in [2.24, 2.45) is 0 Å². The molecular weight excluding hydrogens is 693 g/mol. The molecule has 3 heterocycles. The maximum absolute atomic E-state index is 6.55. The van der Waals surface area contributed by atoms with Crippen molar-refractivity contribution < 1.29 is 4.42 Å². The molecule has 0 N–H and O–H groups in total. The van der Waals surface area contributed by atoms with Crippen LogP contribution in [0.4, 0.5) is 0 Å². The van der Waals surface area contributed by atoms with Gasteiger partial charge in [0.05, 0.1) is 16.7 Å². The van der Waals surface area contributed by atoms with Crippen molar-refractivity contribution in [3.05, 3.63) is 199 Å². The highest BCUT2D eigenvalue weighted by Crippen LogP contribution is 2.41. The van der Waals surface area contributed by atoms with E-state index in [4.69, 9.17) is 14.4 Å². The molecule has 0 aliphatic heterocycles. The van der Waals surface area contributed by atoms with Gasteiger partial charge in [0.15, 0.2) is 0 Å². The highest BCUT2D eigenvalue weighted by Gasteiger charge is 2.18. The summed E-state index contributed by atoms with van der Waals surface area (Å²) < 4.78 is 6.55. The monoisotopic (exact) mass is 726 g/mol.